The average Bonchev–Trinajstić information content (AvgIpc) is 2.53. The van der Waals surface area contributed by atoms with Crippen LogP contribution < -0.4 is 5.73 Å². The molecule has 0 amide bonds. The number of anilines is 1. The Balaban J connectivity index is 2.38. The molecule has 0 bridgehead atoms. The van der Waals surface area contributed by atoms with Crippen LogP contribution in [0.5, 0.6) is 0 Å². The number of aryl methyl sites for hydroxylation is 1. The van der Waals surface area contributed by atoms with E-state index in [1.807, 2.05) is 0 Å². The molecule has 1 aliphatic carbocycles. The Morgan fingerprint density at radius 2 is 2.00 bits per heavy atom. The molecule has 0 unspecified atom stereocenters. The van der Waals surface area contributed by atoms with Crippen molar-refractivity contribution in [3.63, 3.8) is 0 Å². The van der Waals surface area contributed by atoms with Crippen molar-refractivity contribution in [3.05, 3.63) is 51.2 Å². The van der Waals surface area contributed by atoms with Gasteiger partial charge in [0.1, 0.15) is 17.5 Å². The van der Waals surface area contributed by atoms with Crippen molar-refractivity contribution in [2.24, 2.45) is 0 Å². The van der Waals surface area contributed by atoms with Crippen LogP contribution in [0.3, 0.4) is 0 Å². The van der Waals surface area contributed by atoms with Crippen molar-refractivity contribution in [3.8, 4) is 17.2 Å². The normalized spacial score (nSPS) is 13.2. The van der Waals surface area contributed by atoms with E-state index in [4.69, 9.17) is 5.73 Å². The number of hydrogen-bond donors (Lipinski definition) is 1. The Kier molecular flexibility index (Phi) is 3.47. The number of nitrogen functional groups attached to an aromatic ring is 1. The minimum absolute atomic E-state index is 0.0163. The predicted molar refractivity (Wildman–Crippen MR) is 82.1 cm³/mol. The van der Waals surface area contributed by atoms with Crippen LogP contribution in [0.15, 0.2) is 24.3 Å². The lowest BCUT2D eigenvalue weighted by atomic mass is 9.86. The third-order valence-corrected chi connectivity index (χ3v) is 3.98. The van der Waals surface area contributed by atoms with Gasteiger partial charge in [-0.15, -0.1) is 0 Å². The van der Waals surface area contributed by atoms with E-state index in [-0.39, 0.29) is 17.1 Å². The highest BCUT2D eigenvalue weighted by Crippen LogP contribution is 2.39. The second-order valence-electron chi connectivity index (χ2n) is 5.27. The number of nitro groups is 1. The van der Waals surface area contributed by atoms with Gasteiger partial charge in [-0.2, -0.15) is 5.26 Å². The van der Waals surface area contributed by atoms with Crippen LogP contribution in [0.2, 0.25) is 0 Å². The van der Waals surface area contributed by atoms with Gasteiger partial charge in [-0.05, 0) is 37.3 Å². The fourth-order valence-corrected chi connectivity index (χ4v) is 3.02. The molecule has 3 rings (SSSR count). The summed E-state index contributed by atoms with van der Waals surface area (Å²) in [5, 5.41) is 20.8. The first-order chi connectivity index (χ1) is 10.6. The highest BCUT2D eigenvalue weighted by Gasteiger charge is 2.26. The molecule has 0 radical (unpaired) electrons. The number of benzene rings is 1. The molecule has 2 aromatic rings. The molecule has 0 fully saturated rings. The van der Waals surface area contributed by atoms with E-state index in [0.717, 1.165) is 36.9 Å². The molecule has 1 aliphatic rings. The molecule has 2 N–H and O–H groups in total. The maximum atomic E-state index is 11.3. The summed E-state index contributed by atoms with van der Waals surface area (Å²) in [5.74, 6) is 0.149. The molecular weight excluding hydrogens is 280 g/mol. The summed E-state index contributed by atoms with van der Waals surface area (Å²) in [5.41, 5.74) is 8.93. The quantitative estimate of drug-likeness (QED) is 0.677. The van der Waals surface area contributed by atoms with E-state index in [2.05, 4.69) is 11.1 Å². The van der Waals surface area contributed by atoms with E-state index in [0.29, 0.717) is 11.1 Å². The van der Waals surface area contributed by atoms with Crippen LogP contribution in [0, 0.1) is 21.4 Å². The standard InChI is InChI=1S/C16H14N4O2/c17-9-12-15(11-6-2-4-8-14(11)20(21)22)10-5-1-3-7-13(10)19-16(12)18/h2,4,6,8H,1,3,5,7H2,(H2,18,19). The monoisotopic (exact) mass is 294 g/mol. The number of fused-ring (bicyclic) bond motifs is 1. The largest absolute Gasteiger partial charge is 0.383 e. The zero-order chi connectivity index (χ0) is 15.7. The number of nitrogens with zero attached hydrogens (tertiary/aromatic N) is 3. The van der Waals surface area contributed by atoms with E-state index in [1.165, 1.54) is 6.07 Å². The SMILES string of the molecule is N#Cc1c(N)nc2c(c1-c1ccccc1[N+](=O)[O-])CCCC2. The molecule has 1 heterocycles. The summed E-state index contributed by atoms with van der Waals surface area (Å²) in [6.45, 7) is 0. The second-order valence-corrected chi connectivity index (χ2v) is 5.27. The fourth-order valence-electron chi connectivity index (χ4n) is 3.02. The first-order valence-electron chi connectivity index (χ1n) is 7.08. The zero-order valence-electron chi connectivity index (χ0n) is 11.9. The highest BCUT2D eigenvalue weighted by atomic mass is 16.6. The van der Waals surface area contributed by atoms with E-state index in [9.17, 15) is 15.4 Å². The van der Waals surface area contributed by atoms with Crippen molar-refractivity contribution < 1.29 is 4.92 Å². The molecule has 0 atom stereocenters. The first kappa shape index (κ1) is 14.0. The van der Waals surface area contributed by atoms with Crippen LogP contribution in [-0.2, 0) is 12.8 Å². The summed E-state index contributed by atoms with van der Waals surface area (Å²) in [6, 6.07) is 8.53. The summed E-state index contributed by atoms with van der Waals surface area (Å²) in [6.07, 6.45) is 3.55. The smallest absolute Gasteiger partial charge is 0.277 e. The van der Waals surface area contributed by atoms with Crippen molar-refractivity contribution in [2.45, 2.75) is 25.7 Å². The fraction of sp³-hybridized carbons (Fsp3) is 0.250. The van der Waals surface area contributed by atoms with Crippen molar-refractivity contribution in [1.29, 1.82) is 5.26 Å². The number of pyridine rings is 1. The van der Waals surface area contributed by atoms with Gasteiger partial charge in [0.25, 0.3) is 5.69 Å². The molecule has 6 nitrogen and oxygen atoms in total. The lowest BCUT2D eigenvalue weighted by molar-refractivity contribution is -0.384. The van der Waals surface area contributed by atoms with Gasteiger partial charge >= 0.3 is 0 Å². The first-order valence-corrected chi connectivity index (χ1v) is 7.08. The number of para-hydroxylation sites is 1. The lowest BCUT2D eigenvalue weighted by Crippen LogP contribution is -2.12. The molecule has 110 valence electrons. The molecular formula is C16H14N4O2. The Labute approximate surface area is 127 Å². The van der Waals surface area contributed by atoms with Gasteiger partial charge < -0.3 is 5.73 Å². The molecule has 1 aromatic heterocycles. The minimum atomic E-state index is -0.428. The minimum Gasteiger partial charge on any atom is -0.383 e. The molecule has 0 saturated heterocycles. The van der Waals surface area contributed by atoms with Crippen LogP contribution in [0.1, 0.15) is 29.7 Å². The van der Waals surface area contributed by atoms with Gasteiger partial charge in [0.15, 0.2) is 0 Å². The number of nitriles is 1. The molecule has 0 spiro atoms. The van der Waals surface area contributed by atoms with Crippen LogP contribution >= 0.6 is 0 Å². The van der Waals surface area contributed by atoms with Crippen molar-refractivity contribution in [1.82, 2.24) is 4.98 Å². The maximum absolute atomic E-state index is 11.3. The topological polar surface area (TPSA) is 106 Å². The predicted octanol–water partition coefficient (Wildman–Crippen LogP) is 2.99. The Morgan fingerprint density at radius 1 is 1.27 bits per heavy atom. The van der Waals surface area contributed by atoms with Gasteiger partial charge in [-0.3, -0.25) is 10.1 Å². The zero-order valence-corrected chi connectivity index (χ0v) is 11.9. The maximum Gasteiger partial charge on any atom is 0.277 e. The van der Waals surface area contributed by atoms with Crippen LogP contribution in [-0.4, -0.2) is 9.91 Å². The number of aromatic nitrogens is 1. The van der Waals surface area contributed by atoms with Gasteiger partial charge in [-0.25, -0.2) is 4.98 Å². The molecule has 0 aliphatic heterocycles. The molecule has 6 heteroatoms. The van der Waals surface area contributed by atoms with Gasteiger partial charge in [0, 0.05) is 17.3 Å². The van der Waals surface area contributed by atoms with E-state index >= 15 is 0 Å². The lowest BCUT2D eigenvalue weighted by Gasteiger charge is -2.20. The van der Waals surface area contributed by atoms with Crippen molar-refractivity contribution >= 4 is 11.5 Å². The number of rotatable bonds is 2. The third-order valence-electron chi connectivity index (χ3n) is 3.98. The van der Waals surface area contributed by atoms with E-state index in [1.54, 1.807) is 18.2 Å². The number of nitro benzene ring substituents is 1. The Bertz CT molecular complexity index is 809. The van der Waals surface area contributed by atoms with Gasteiger partial charge in [0.2, 0.25) is 0 Å². The highest BCUT2D eigenvalue weighted by molar-refractivity contribution is 5.84. The third kappa shape index (κ3) is 2.17. The second kappa shape index (κ2) is 5.45. The number of hydrogen-bond acceptors (Lipinski definition) is 5. The van der Waals surface area contributed by atoms with Crippen molar-refractivity contribution in [2.75, 3.05) is 5.73 Å². The molecule has 22 heavy (non-hydrogen) atoms. The summed E-state index contributed by atoms with van der Waals surface area (Å²) in [7, 11) is 0. The summed E-state index contributed by atoms with van der Waals surface area (Å²) in [4.78, 5) is 15.2. The van der Waals surface area contributed by atoms with Gasteiger partial charge in [-0.1, -0.05) is 12.1 Å². The Hall–Kier alpha value is -2.94. The number of nitrogens with two attached hydrogens (primary N) is 1. The summed E-state index contributed by atoms with van der Waals surface area (Å²) >= 11 is 0. The van der Waals surface area contributed by atoms with Crippen LogP contribution in [0.4, 0.5) is 11.5 Å². The Morgan fingerprint density at radius 3 is 2.73 bits per heavy atom. The molecule has 1 aromatic carbocycles. The molecule has 0 saturated carbocycles. The average molecular weight is 294 g/mol. The van der Waals surface area contributed by atoms with Crippen LogP contribution in [0.25, 0.3) is 11.1 Å². The van der Waals surface area contributed by atoms with Gasteiger partial charge in [0.05, 0.1) is 10.5 Å². The van der Waals surface area contributed by atoms with E-state index < -0.39 is 4.92 Å². The summed E-state index contributed by atoms with van der Waals surface area (Å²) < 4.78 is 0.